The number of amides is 1. The van der Waals surface area contributed by atoms with Gasteiger partial charge in [-0.15, -0.1) is 0 Å². The van der Waals surface area contributed by atoms with Crippen molar-refractivity contribution in [2.45, 2.75) is 11.1 Å². The molecule has 12 heteroatoms. The molecule has 0 fully saturated rings. The lowest BCUT2D eigenvalue weighted by molar-refractivity contribution is -0.137. The Hall–Kier alpha value is -2.68. The molecule has 0 atom stereocenters. The van der Waals surface area contributed by atoms with Gasteiger partial charge in [0.25, 0.3) is 0 Å². The van der Waals surface area contributed by atoms with Gasteiger partial charge in [0.15, 0.2) is 0 Å². The summed E-state index contributed by atoms with van der Waals surface area (Å²) < 4.78 is 77.9. The molecule has 29 heavy (non-hydrogen) atoms. The van der Waals surface area contributed by atoms with Gasteiger partial charge in [-0.3, -0.25) is 4.79 Å². The van der Waals surface area contributed by atoms with Gasteiger partial charge in [0.2, 0.25) is 15.9 Å². The minimum Gasteiger partial charge on any atom is -0.325 e. The second-order valence-electron chi connectivity index (χ2n) is 5.73. The van der Waals surface area contributed by atoms with Gasteiger partial charge in [0.05, 0.1) is 17.1 Å². The second kappa shape index (κ2) is 8.36. The molecule has 6 nitrogen and oxygen atoms in total. The fourth-order valence-corrected chi connectivity index (χ4v) is 3.80. The highest BCUT2D eigenvalue weighted by Crippen LogP contribution is 2.36. The Balaban J connectivity index is 2.22. The van der Waals surface area contributed by atoms with Gasteiger partial charge in [0, 0.05) is 12.7 Å². The maximum absolute atomic E-state index is 13.7. The van der Waals surface area contributed by atoms with E-state index in [0.29, 0.717) is 10.4 Å². The number of nitrogens with zero attached hydrogens (tertiary/aromatic N) is 2. The highest BCUT2D eigenvalue weighted by Gasteiger charge is 2.33. The van der Waals surface area contributed by atoms with E-state index < -0.39 is 55.5 Å². The first-order chi connectivity index (χ1) is 13.4. The monoisotopic (exact) mass is 449 g/mol. The zero-order valence-electron chi connectivity index (χ0n) is 14.6. The number of nitriles is 1. The van der Waals surface area contributed by atoms with Crippen molar-refractivity contribution in [1.82, 2.24) is 4.31 Å². The van der Waals surface area contributed by atoms with Crippen molar-refractivity contribution in [2.24, 2.45) is 0 Å². The lowest BCUT2D eigenvalue weighted by Crippen LogP contribution is -2.35. The average molecular weight is 450 g/mol. The minimum atomic E-state index is -4.75. The van der Waals surface area contributed by atoms with E-state index in [1.165, 1.54) is 6.07 Å². The van der Waals surface area contributed by atoms with Gasteiger partial charge in [0.1, 0.15) is 22.3 Å². The number of anilines is 1. The number of carbonyl (C=O) groups is 1. The number of sulfonamides is 1. The lowest BCUT2D eigenvalue weighted by atomic mass is 10.2. The summed E-state index contributed by atoms with van der Waals surface area (Å²) in [5.41, 5.74) is -2.13. The molecule has 0 radical (unpaired) electrons. The Morgan fingerprint density at radius 2 is 1.93 bits per heavy atom. The van der Waals surface area contributed by atoms with Crippen molar-refractivity contribution >= 4 is 33.2 Å². The minimum absolute atomic E-state index is 0.249. The van der Waals surface area contributed by atoms with Crippen LogP contribution in [-0.4, -0.2) is 32.2 Å². The van der Waals surface area contributed by atoms with Gasteiger partial charge >= 0.3 is 6.18 Å². The van der Waals surface area contributed by atoms with Gasteiger partial charge in [-0.25, -0.2) is 12.8 Å². The Morgan fingerprint density at radius 3 is 2.52 bits per heavy atom. The number of nitrogens with one attached hydrogen (secondary N) is 1. The van der Waals surface area contributed by atoms with Crippen LogP contribution in [0.2, 0.25) is 5.02 Å². The molecule has 2 aromatic rings. The zero-order chi connectivity index (χ0) is 22.0. The normalized spacial score (nSPS) is 11.9. The smallest absolute Gasteiger partial charge is 0.325 e. The first kappa shape index (κ1) is 22.6. The van der Waals surface area contributed by atoms with E-state index in [-0.39, 0.29) is 5.69 Å². The van der Waals surface area contributed by atoms with Crippen LogP contribution in [0.5, 0.6) is 0 Å². The number of alkyl halides is 3. The topological polar surface area (TPSA) is 90.3 Å². The van der Waals surface area contributed by atoms with Gasteiger partial charge < -0.3 is 5.32 Å². The summed E-state index contributed by atoms with van der Waals surface area (Å²) in [6, 6.07) is 7.09. The SMILES string of the molecule is CN(CC(=O)Nc1ccc(Cl)c(C(F)(F)F)c1)S(=O)(=O)c1cccc(F)c1C#N. The number of benzene rings is 2. The Kier molecular flexibility index (Phi) is 6.52. The molecule has 0 unspecified atom stereocenters. The molecule has 154 valence electrons. The van der Waals surface area contributed by atoms with Crippen LogP contribution in [0.4, 0.5) is 23.2 Å². The summed E-state index contributed by atoms with van der Waals surface area (Å²) in [4.78, 5) is 11.5. The van der Waals surface area contributed by atoms with E-state index >= 15 is 0 Å². The van der Waals surface area contributed by atoms with E-state index in [2.05, 4.69) is 5.32 Å². The second-order valence-corrected chi connectivity index (χ2v) is 8.15. The van der Waals surface area contributed by atoms with Crippen molar-refractivity contribution in [3.05, 3.63) is 58.4 Å². The number of hydrogen-bond acceptors (Lipinski definition) is 4. The van der Waals surface area contributed by atoms with Gasteiger partial charge in [-0.1, -0.05) is 17.7 Å². The van der Waals surface area contributed by atoms with E-state index in [1.807, 2.05) is 0 Å². The van der Waals surface area contributed by atoms with Crippen LogP contribution in [0.15, 0.2) is 41.3 Å². The fourth-order valence-electron chi connectivity index (χ4n) is 2.30. The molecule has 2 aromatic carbocycles. The Bertz CT molecular complexity index is 1100. The van der Waals surface area contributed by atoms with Crippen molar-refractivity contribution in [2.75, 3.05) is 18.9 Å². The third-order valence-electron chi connectivity index (χ3n) is 3.70. The summed E-state index contributed by atoms with van der Waals surface area (Å²) in [5, 5.41) is 10.5. The number of halogens is 5. The highest BCUT2D eigenvalue weighted by molar-refractivity contribution is 7.89. The van der Waals surface area contributed by atoms with Crippen LogP contribution in [-0.2, 0) is 21.0 Å². The van der Waals surface area contributed by atoms with Crippen LogP contribution in [0.1, 0.15) is 11.1 Å². The summed E-state index contributed by atoms with van der Waals surface area (Å²) in [5.74, 6) is -2.01. The van der Waals surface area contributed by atoms with Crippen LogP contribution < -0.4 is 5.32 Å². The van der Waals surface area contributed by atoms with Crippen LogP contribution in [0.25, 0.3) is 0 Å². The maximum atomic E-state index is 13.7. The predicted octanol–water partition coefficient (Wildman–Crippen LogP) is 3.63. The van der Waals surface area contributed by atoms with Gasteiger partial charge in [-0.05, 0) is 30.3 Å². The first-order valence-electron chi connectivity index (χ1n) is 7.69. The summed E-state index contributed by atoms with van der Waals surface area (Å²) in [6.45, 7) is -0.798. The molecule has 0 aliphatic rings. The average Bonchev–Trinajstić information content (AvgIpc) is 2.62. The molecular formula is C17H12ClF4N3O3S. The standard InChI is InChI=1S/C17H12ClF4N3O3S/c1-25(29(27,28)15-4-2-3-14(19)11(15)8-23)9-16(26)24-10-5-6-13(18)12(7-10)17(20,21)22/h2-7H,9H2,1H3,(H,24,26). The Labute approximate surface area is 168 Å². The maximum Gasteiger partial charge on any atom is 0.417 e. The molecule has 0 saturated heterocycles. The van der Waals surface area contributed by atoms with E-state index in [4.69, 9.17) is 16.9 Å². The van der Waals surface area contributed by atoms with E-state index in [9.17, 15) is 30.8 Å². The molecule has 0 aromatic heterocycles. The molecule has 0 spiro atoms. The number of likely N-dealkylation sites (N-methyl/N-ethyl adjacent to an activating group) is 1. The molecule has 0 aliphatic heterocycles. The molecule has 0 aliphatic carbocycles. The van der Waals surface area contributed by atoms with Crippen molar-refractivity contribution in [3.63, 3.8) is 0 Å². The predicted molar refractivity (Wildman–Crippen MR) is 96.0 cm³/mol. The van der Waals surface area contributed by atoms with Crippen LogP contribution in [0.3, 0.4) is 0 Å². The highest BCUT2D eigenvalue weighted by atomic mass is 35.5. The number of carbonyl (C=O) groups excluding carboxylic acids is 1. The van der Waals surface area contributed by atoms with Crippen molar-refractivity contribution in [3.8, 4) is 6.07 Å². The third-order valence-corrected chi connectivity index (χ3v) is 5.87. The first-order valence-corrected chi connectivity index (χ1v) is 9.51. The quantitative estimate of drug-likeness (QED) is 0.706. The molecule has 1 amide bonds. The fraction of sp³-hybridized carbons (Fsp3) is 0.176. The molecule has 1 N–H and O–H groups in total. The van der Waals surface area contributed by atoms with Crippen molar-refractivity contribution < 1.29 is 30.8 Å². The van der Waals surface area contributed by atoms with E-state index in [1.54, 1.807) is 0 Å². The van der Waals surface area contributed by atoms with Gasteiger partial charge in [-0.2, -0.15) is 22.7 Å². The molecule has 0 bridgehead atoms. The summed E-state index contributed by atoms with van der Waals surface area (Å²) >= 11 is 5.49. The number of hydrogen-bond donors (Lipinski definition) is 1. The summed E-state index contributed by atoms with van der Waals surface area (Å²) in [7, 11) is -3.42. The lowest BCUT2D eigenvalue weighted by Gasteiger charge is -2.18. The number of rotatable bonds is 5. The van der Waals surface area contributed by atoms with Crippen LogP contribution in [0, 0.1) is 17.1 Å². The van der Waals surface area contributed by atoms with Crippen LogP contribution >= 0.6 is 11.6 Å². The summed E-state index contributed by atoms with van der Waals surface area (Å²) in [6.07, 6.45) is -4.75. The van der Waals surface area contributed by atoms with E-state index in [0.717, 1.165) is 37.4 Å². The zero-order valence-corrected chi connectivity index (χ0v) is 16.2. The largest absolute Gasteiger partial charge is 0.417 e. The molecular weight excluding hydrogens is 438 g/mol. The molecule has 2 rings (SSSR count). The van der Waals surface area contributed by atoms with Crippen molar-refractivity contribution in [1.29, 1.82) is 5.26 Å². The molecule has 0 heterocycles. The third kappa shape index (κ3) is 5.03. The molecule has 0 saturated carbocycles. The Morgan fingerprint density at radius 1 is 1.28 bits per heavy atom.